The Hall–Kier alpha value is -2.78. The topological polar surface area (TPSA) is 95.4 Å². The van der Waals surface area contributed by atoms with Crippen molar-refractivity contribution in [3.8, 4) is 28.1 Å². The number of benzene rings is 2. The van der Waals surface area contributed by atoms with Gasteiger partial charge in [-0.1, -0.05) is 17.3 Å². The molecule has 1 heterocycles. The first kappa shape index (κ1) is 18.0. The molecule has 0 atom stereocenters. The number of hydrogen-bond donors (Lipinski definition) is 1. The van der Waals surface area contributed by atoms with Crippen molar-refractivity contribution in [3.05, 3.63) is 53.8 Å². The molecule has 0 spiro atoms. The zero-order valence-electron chi connectivity index (χ0n) is 13.8. The van der Waals surface area contributed by atoms with Gasteiger partial charge in [0.25, 0.3) is 0 Å². The molecule has 3 rings (SSSR count). The highest BCUT2D eigenvalue weighted by atomic mass is 32.2. The van der Waals surface area contributed by atoms with Crippen molar-refractivity contribution in [1.82, 2.24) is 5.16 Å². The van der Waals surface area contributed by atoms with Crippen molar-refractivity contribution in [2.75, 3.05) is 7.11 Å². The van der Waals surface area contributed by atoms with Gasteiger partial charge in [0.1, 0.15) is 11.5 Å². The highest BCUT2D eigenvalue weighted by Gasteiger charge is 2.21. The lowest BCUT2D eigenvalue weighted by molar-refractivity contribution is 0.360. The van der Waals surface area contributed by atoms with Crippen LogP contribution in [0, 0.1) is 18.6 Å². The number of hydrogen-bond acceptors (Lipinski definition) is 5. The number of rotatable bonds is 4. The van der Waals surface area contributed by atoms with E-state index in [4.69, 9.17) is 9.66 Å². The predicted octanol–water partition coefficient (Wildman–Crippen LogP) is 3.25. The molecule has 2 N–H and O–H groups in total. The summed E-state index contributed by atoms with van der Waals surface area (Å²) in [5.41, 5.74) is 1.41. The van der Waals surface area contributed by atoms with E-state index in [-0.39, 0.29) is 16.2 Å². The summed E-state index contributed by atoms with van der Waals surface area (Å²) in [4.78, 5) is -0.0570. The van der Waals surface area contributed by atoms with Crippen LogP contribution in [0.4, 0.5) is 8.78 Å². The Morgan fingerprint density at radius 1 is 1.08 bits per heavy atom. The van der Waals surface area contributed by atoms with Crippen LogP contribution in [-0.2, 0) is 10.0 Å². The second-order valence-corrected chi connectivity index (χ2v) is 7.07. The van der Waals surface area contributed by atoms with E-state index < -0.39 is 27.4 Å². The summed E-state index contributed by atoms with van der Waals surface area (Å²) in [6.07, 6.45) is 0. The first-order valence-electron chi connectivity index (χ1n) is 7.35. The Bertz CT molecular complexity index is 1050. The minimum Gasteiger partial charge on any atom is -0.491 e. The second-order valence-electron chi connectivity index (χ2n) is 5.50. The van der Waals surface area contributed by atoms with Gasteiger partial charge in [-0.15, -0.1) is 0 Å². The van der Waals surface area contributed by atoms with E-state index in [1.807, 2.05) is 0 Å². The van der Waals surface area contributed by atoms with Gasteiger partial charge in [0, 0.05) is 5.56 Å². The van der Waals surface area contributed by atoms with E-state index in [0.29, 0.717) is 16.9 Å². The fourth-order valence-electron chi connectivity index (χ4n) is 2.61. The summed E-state index contributed by atoms with van der Waals surface area (Å²) >= 11 is 0. The van der Waals surface area contributed by atoms with Gasteiger partial charge >= 0.3 is 0 Å². The normalized spacial score (nSPS) is 11.6. The van der Waals surface area contributed by atoms with Gasteiger partial charge in [-0.2, -0.15) is 0 Å². The average molecular weight is 380 g/mol. The van der Waals surface area contributed by atoms with E-state index >= 15 is 0 Å². The molecule has 0 aliphatic heterocycles. The Morgan fingerprint density at radius 3 is 2.15 bits per heavy atom. The molecule has 2 aromatic carbocycles. The number of nitrogens with zero attached hydrogens (tertiary/aromatic N) is 1. The standard InChI is InChI=1S/C17H14F2N2O4S/c1-9-15(10-3-5-12(6-4-10)26(20,22)23)16(21-25-9)11-7-13(18)17(24-2)14(19)8-11/h3-8H,1-2H3,(H2,20,22,23). The van der Waals surface area contributed by atoms with E-state index in [0.717, 1.165) is 12.1 Å². The van der Waals surface area contributed by atoms with Crippen LogP contribution in [0.5, 0.6) is 5.75 Å². The van der Waals surface area contributed by atoms with E-state index in [1.165, 1.54) is 31.4 Å². The third-order valence-electron chi connectivity index (χ3n) is 3.81. The number of aromatic nitrogens is 1. The molecule has 6 nitrogen and oxygen atoms in total. The largest absolute Gasteiger partial charge is 0.491 e. The molecule has 136 valence electrons. The van der Waals surface area contributed by atoms with Crippen molar-refractivity contribution < 1.29 is 26.5 Å². The molecular formula is C17H14F2N2O4S. The zero-order chi connectivity index (χ0) is 19.1. The number of halogens is 2. The molecule has 0 saturated heterocycles. The van der Waals surface area contributed by atoms with Gasteiger partial charge in [-0.25, -0.2) is 22.3 Å². The Balaban J connectivity index is 2.14. The summed E-state index contributed by atoms with van der Waals surface area (Å²) in [5, 5.41) is 8.96. The Labute approximate surface area is 148 Å². The lowest BCUT2D eigenvalue weighted by Gasteiger charge is -2.07. The first-order valence-corrected chi connectivity index (χ1v) is 8.90. The van der Waals surface area contributed by atoms with Crippen LogP contribution in [0.1, 0.15) is 5.76 Å². The molecule has 3 aromatic rings. The third kappa shape index (κ3) is 3.18. The number of aryl methyl sites for hydroxylation is 1. The number of nitrogens with two attached hydrogens (primary N) is 1. The quantitative estimate of drug-likeness (QED) is 0.750. The van der Waals surface area contributed by atoms with Crippen molar-refractivity contribution >= 4 is 10.0 Å². The van der Waals surface area contributed by atoms with Crippen LogP contribution in [-0.4, -0.2) is 20.7 Å². The number of primary sulfonamides is 1. The maximum Gasteiger partial charge on any atom is 0.238 e. The summed E-state index contributed by atoms with van der Waals surface area (Å²) in [6.45, 7) is 1.63. The average Bonchev–Trinajstić information content (AvgIpc) is 2.95. The summed E-state index contributed by atoms with van der Waals surface area (Å²) in [7, 11) is -2.67. The van der Waals surface area contributed by atoms with E-state index in [2.05, 4.69) is 9.89 Å². The van der Waals surface area contributed by atoms with E-state index in [1.54, 1.807) is 6.92 Å². The molecule has 26 heavy (non-hydrogen) atoms. The molecule has 0 aliphatic carbocycles. The van der Waals surface area contributed by atoms with Gasteiger partial charge < -0.3 is 9.26 Å². The van der Waals surface area contributed by atoms with Crippen molar-refractivity contribution in [1.29, 1.82) is 0 Å². The fraction of sp³-hybridized carbons (Fsp3) is 0.118. The monoisotopic (exact) mass is 380 g/mol. The minimum absolute atomic E-state index is 0.0570. The molecule has 0 unspecified atom stereocenters. The Kier molecular flexibility index (Phi) is 4.51. The molecule has 0 saturated carbocycles. The lowest BCUT2D eigenvalue weighted by Crippen LogP contribution is -2.11. The number of methoxy groups -OCH3 is 1. The van der Waals surface area contributed by atoms with Crippen molar-refractivity contribution in [3.63, 3.8) is 0 Å². The van der Waals surface area contributed by atoms with Crippen LogP contribution in [0.2, 0.25) is 0 Å². The Morgan fingerprint density at radius 2 is 1.65 bits per heavy atom. The molecule has 0 bridgehead atoms. The van der Waals surface area contributed by atoms with Gasteiger partial charge in [0.15, 0.2) is 17.4 Å². The summed E-state index contributed by atoms with van der Waals surface area (Å²) in [6, 6.07) is 7.85. The lowest BCUT2D eigenvalue weighted by atomic mass is 9.99. The van der Waals surface area contributed by atoms with Crippen LogP contribution < -0.4 is 9.88 Å². The number of sulfonamides is 1. The van der Waals surface area contributed by atoms with Crippen LogP contribution >= 0.6 is 0 Å². The van der Waals surface area contributed by atoms with Crippen LogP contribution in [0.25, 0.3) is 22.4 Å². The molecule has 0 amide bonds. The van der Waals surface area contributed by atoms with Gasteiger partial charge in [0.2, 0.25) is 10.0 Å². The van der Waals surface area contributed by atoms with Gasteiger partial charge in [0.05, 0.1) is 17.6 Å². The highest BCUT2D eigenvalue weighted by molar-refractivity contribution is 7.89. The predicted molar refractivity (Wildman–Crippen MR) is 90.0 cm³/mol. The van der Waals surface area contributed by atoms with Gasteiger partial charge in [-0.3, -0.25) is 0 Å². The summed E-state index contributed by atoms with van der Waals surface area (Å²) in [5.74, 6) is -1.84. The van der Waals surface area contributed by atoms with Crippen LogP contribution in [0.3, 0.4) is 0 Å². The maximum absolute atomic E-state index is 14.0. The third-order valence-corrected chi connectivity index (χ3v) is 4.74. The molecule has 0 radical (unpaired) electrons. The molecule has 9 heteroatoms. The number of ether oxygens (including phenoxy) is 1. The van der Waals surface area contributed by atoms with Gasteiger partial charge in [-0.05, 0) is 36.8 Å². The smallest absolute Gasteiger partial charge is 0.238 e. The maximum atomic E-state index is 14.0. The SMILES string of the molecule is COc1c(F)cc(-c2noc(C)c2-c2ccc(S(N)(=O)=O)cc2)cc1F. The van der Waals surface area contributed by atoms with E-state index in [9.17, 15) is 17.2 Å². The minimum atomic E-state index is -3.83. The van der Waals surface area contributed by atoms with Crippen molar-refractivity contribution in [2.24, 2.45) is 5.14 Å². The zero-order valence-corrected chi connectivity index (χ0v) is 14.6. The second kappa shape index (κ2) is 6.50. The molecule has 1 aromatic heterocycles. The molecular weight excluding hydrogens is 366 g/mol. The fourth-order valence-corrected chi connectivity index (χ4v) is 3.13. The highest BCUT2D eigenvalue weighted by Crippen LogP contribution is 2.36. The first-order chi connectivity index (χ1) is 12.2. The van der Waals surface area contributed by atoms with Crippen LogP contribution in [0.15, 0.2) is 45.8 Å². The molecule has 0 fully saturated rings. The molecule has 0 aliphatic rings. The summed E-state index contributed by atoms with van der Waals surface area (Å²) < 4.78 is 60.6. The van der Waals surface area contributed by atoms with Crippen molar-refractivity contribution in [2.45, 2.75) is 11.8 Å².